The summed E-state index contributed by atoms with van der Waals surface area (Å²) in [6.07, 6.45) is 0. The third kappa shape index (κ3) is 6.43. The van der Waals surface area contributed by atoms with Crippen molar-refractivity contribution in [3.63, 3.8) is 0 Å². The number of hydrogen-bond donors (Lipinski definition) is 2. The number of aromatic nitrogens is 1. The molecular formula is C22H29N3O5. The summed E-state index contributed by atoms with van der Waals surface area (Å²) >= 11 is 0. The van der Waals surface area contributed by atoms with E-state index < -0.39 is 24.5 Å². The van der Waals surface area contributed by atoms with Crippen molar-refractivity contribution in [2.24, 2.45) is 5.92 Å². The van der Waals surface area contributed by atoms with E-state index in [1.54, 1.807) is 38.1 Å². The zero-order valence-corrected chi connectivity index (χ0v) is 18.2. The molecule has 0 aliphatic heterocycles. The lowest BCUT2D eigenvalue weighted by Gasteiger charge is -2.20. The van der Waals surface area contributed by atoms with E-state index in [4.69, 9.17) is 9.26 Å². The van der Waals surface area contributed by atoms with E-state index in [0.29, 0.717) is 11.3 Å². The summed E-state index contributed by atoms with van der Waals surface area (Å²) in [7, 11) is 0. The Labute approximate surface area is 176 Å². The summed E-state index contributed by atoms with van der Waals surface area (Å²) < 4.78 is 10.2. The largest absolute Gasteiger partial charge is 0.454 e. The molecular weight excluding hydrogens is 386 g/mol. The van der Waals surface area contributed by atoms with Crippen LogP contribution in [0.2, 0.25) is 0 Å². The molecule has 2 aromatic rings. The van der Waals surface area contributed by atoms with Crippen LogP contribution in [0.3, 0.4) is 0 Å². The van der Waals surface area contributed by atoms with E-state index >= 15 is 0 Å². The molecule has 0 bridgehead atoms. The van der Waals surface area contributed by atoms with Crippen molar-refractivity contribution >= 4 is 23.7 Å². The molecule has 162 valence electrons. The third-order valence-corrected chi connectivity index (χ3v) is 4.37. The molecule has 2 N–H and O–H groups in total. The molecule has 1 atom stereocenters. The summed E-state index contributed by atoms with van der Waals surface area (Å²) in [4.78, 5) is 37.0. The van der Waals surface area contributed by atoms with Gasteiger partial charge in [0, 0.05) is 17.0 Å². The van der Waals surface area contributed by atoms with Gasteiger partial charge >= 0.3 is 5.97 Å². The van der Waals surface area contributed by atoms with Crippen molar-refractivity contribution in [3.8, 4) is 0 Å². The maximum atomic E-state index is 12.5. The van der Waals surface area contributed by atoms with E-state index in [1.807, 2.05) is 33.8 Å². The molecule has 8 heteroatoms. The molecule has 0 saturated carbocycles. The van der Waals surface area contributed by atoms with Crippen LogP contribution in [0, 0.1) is 12.8 Å². The molecule has 0 fully saturated rings. The van der Waals surface area contributed by atoms with E-state index in [2.05, 4.69) is 15.8 Å². The Bertz CT molecular complexity index is 911. The zero-order valence-electron chi connectivity index (χ0n) is 18.2. The maximum absolute atomic E-state index is 12.5. The van der Waals surface area contributed by atoms with Crippen LogP contribution in [-0.4, -0.2) is 35.6 Å². The van der Waals surface area contributed by atoms with E-state index in [9.17, 15) is 14.4 Å². The van der Waals surface area contributed by atoms with Gasteiger partial charge in [0.1, 0.15) is 6.04 Å². The first-order valence-electron chi connectivity index (χ1n) is 9.78. The number of carbonyl (C=O) groups is 3. The van der Waals surface area contributed by atoms with Crippen LogP contribution in [0.15, 0.2) is 34.9 Å². The Morgan fingerprint density at radius 1 is 1.17 bits per heavy atom. The van der Waals surface area contributed by atoms with Gasteiger partial charge in [-0.2, -0.15) is 0 Å². The van der Waals surface area contributed by atoms with Crippen molar-refractivity contribution in [1.82, 2.24) is 10.5 Å². The van der Waals surface area contributed by atoms with E-state index in [1.165, 1.54) is 0 Å². The molecule has 0 saturated heterocycles. The number of nitrogens with one attached hydrogen (secondary N) is 2. The molecule has 1 heterocycles. The van der Waals surface area contributed by atoms with Gasteiger partial charge in [-0.3, -0.25) is 14.9 Å². The second-order valence-electron chi connectivity index (χ2n) is 8.55. The van der Waals surface area contributed by atoms with Crippen molar-refractivity contribution in [1.29, 1.82) is 0 Å². The smallest absolute Gasteiger partial charge is 0.329 e. The fourth-order valence-corrected chi connectivity index (χ4v) is 2.60. The number of benzene rings is 1. The highest BCUT2D eigenvalue weighted by atomic mass is 16.5. The van der Waals surface area contributed by atoms with E-state index in [0.717, 1.165) is 5.56 Å². The van der Waals surface area contributed by atoms with Crippen LogP contribution < -0.4 is 10.6 Å². The number of esters is 1. The lowest BCUT2D eigenvalue weighted by Crippen LogP contribution is -2.45. The Morgan fingerprint density at radius 3 is 2.43 bits per heavy atom. The minimum absolute atomic E-state index is 0.175. The van der Waals surface area contributed by atoms with Crippen molar-refractivity contribution in [2.75, 3.05) is 11.9 Å². The SMILES string of the molecule is Cc1cccc(C(=O)N[C@H](C(=O)OCC(=O)Nc2cc(C(C)(C)C)no2)C(C)C)c1. The number of anilines is 1. The van der Waals surface area contributed by atoms with Crippen LogP contribution in [0.5, 0.6) is 0 Å². The minimum Gasteiger partial charge on any atom is -0.454 e. The molecule has 2 amide bonds. The van der Waals surface area contributed by atoms with Crippen LogP contribution >= 0.6 is 0 Å². The Morgan fingerprint density at radius 2 is 1.87 bits per heavy atom. The summed E-state index contributed by atoms with van der Waals surface area (Å²) in [6, 6.07) is 7.78. The molecule has 0 radical (unpaired) electrons. The molecule has 0 aliphatic rings. The second-order valence-corrected chi connectivity index (χ2v) is 8.55. The van der Waals surface area contributed by atoms with Gasteiger partial charge in [-0.05, 0) is 25.0 Å². The van der Waals surface area contributed by atoms with Crippen molar-refractivity contribution < 1.29 is 23.6 Å². The number of amides is 2. The first-order valence-corrected chi connectivity index (χ1v) is 9.78. The standard InChI is InChI=1S/C22H29N3O5/c1-13(2)19(24-20(27)15-9-7-8-14(3)10-15)21(28)29-12-17(26)23-18-11-16(25-30-18)22(4,5)6/h7-11,13,19H,12H2,1-6H3,(H,23,26)(H,24,27)/t19-/m0/s1. The van der Waals surface area contributed by atoms with Gasteiger partial charge in [0.2, 0.25) is 5.88 Å². The molecule has 1 aromatic heterocycles. The summed E-state index contributed by atoms with van der Waals surface area (Å²) in [5.41, 5.74) is 1.85. The molecule has 2 rings (SSSR count). The second kappa shape index (κ2) is 9.56. The van der Waals surface area contributed by atoms with Gasteiger partial charge in [-0.15, -0.1) is 0 Å². The molecule has 0 spiro atoms. The monoisotopic (exact) mass is 415 g/mol. The first kappa shape index (κ1) is 23.1. The first-order chi connectivity index (χ1) is 14.0. The van der Waals surface area contributed by atoms with Gasteiger partial charge in [-0.1, -0.05) is 57.5 Å². The molecule has 30 heavy (non-hydrogen) atoms. The maximum Gasteiger partial charge on any atom is 0.329 e. The van der Waals surface area contributed by atoms with Gasteiger partial charge in [-0.25, -0.2) is 4.79 Å². The molecule has 8 nitrogen and oxygen atoms in total. The van der Waals surface area contributed by atoms with Gasteiger partial charge < -0.3 is 14.6 Å². The lowest BCUT2D eigenvalue weighted by atomic mass is 9.92. The summed E-state index contributed by atoms with van der Waals surface area (Å²) in [6.45, 7) is 10.8. The fourth-order valence-electron chi connectivity index (χ4n) is 2.60. The van der Waals surface area contributed by atoms with Crippen molar-refractivity contribution in [3.05, 3.63) is 47.2 Å². The average Bonchev–Trinajstić information content (AvgIpc) is 3.12. The quantitative estimate of drug-likeness (QED) is 0.672. The number of ether oxygens (including phenoxy) is 1. The number of hydrogen-bond acceptors (Lipinski definition) is 6. The van der Waals surface area contributed by atoms with Crippen LogP contribution in [-0.2, 0) is 19.7 Å². The van der Waals surface area contributed by atoms with Crippen LogP contribution in [0.1, 0.15) is 56.2 Å². The number of carbonyl (C=O) groups excluding carboxylic acids is 3. The van der Waals surface area contributed by atoms with E-state index in [-0.39, 0.29) is 23.1 Å². The Hall–Kier alpha value is -3.16. The number of rotatable bonds is 7. The molecule has 0 unspecified atom stereocenters. The minimum atomic E-state index is -0.886. The van der Waals surface area contributed by atoms with Gasteiger partial charge in [0.15, 0.2) is 6.61 Å². The van der Waals surface area contributed by atoms with Crippen LogP contribution in [0.25, 0.3) is 0 Å². The van der Waals surface area contributed by atoms with Gasteiger partial charge in [0.05, 0.1) is 5.69 Å². The predicted molar refractivity (Wildman–Crippen MR) is 112 cm³/mol. The number of aryl methyl sites for hydroxylation is 1. The Balaban J connectivity index is 1.92. The third-order valence-electron chi connectivity index (χ3n) is 4.37. The predicted octanol–water partition coefficient (Wildman–Crippen LogP) is 3.22. The normalized spacial score (nSPS) is 12.4. The van der Waals surface area contributed by atoms with Gasteiger partial charge in [0.25, 0.3) is 11.8 Å². The summed E-state index contributed by atoms with van der Waals surface area (Å²) in [5, 5.41) is 9.09. The number of nitrogens with zero attached hydrogens (tertiary/aromatic N) is 1. The zero-order chi connectivity index (χ0) is 22.5. The molecule has 0 aliphatic carbocycles. The highest BCUT2D eigenvalue weighted by Crippen LogP contribution is 2.23. The van der Waals surface area contributed by atoms with Crippen molar-refractivity contribution in [2.45, 2.75) is 53.0 Å². The molecule has 1 aromatic carbocycles. The van der Waals surface area contributed by atoms with Crippen LogP contribution in [0.4, 0.5) is 5.88 Å². The lowest BCUT2D eigenvalue weighted by molar-refractivity contribution is -0.150. The summed E-state index contributed by atoms with van der Waals surface area (Å²) in [5.74, 6) is -1.68. The Kier molecular flexibility index (Phi) is 7.37. The highest BCUT2D eigenvalue weighted by Gasteiger charge is 2.27. The average molecular weight is 415 g/mol. The highest BCUT2D eigenvalue weighted by molar-refractivity contribution is 5.97. The topological polar surface area (TPSA) is 111 Å². The fraction of sp³-hybridized carbons (Fsp3) is 0.455.